The minimum atomic E-state index is -0.531. The van der Waals surface area contributed by atoms with Gasteiger partial charge in [0.05, 0.1) is 16.5 Å². The van der Waals surface area contributed by atoms with Crippen LogP contribution in [0.5, 0.6) is 0 Å². The number of nitrogens with zero attached hydrogens (tertiary/aromatic N) is 1. The van der Waals surface area contributed by atoms with Crippen molar-refractivity contribution in [3.8, 4) is 44.5 Å². The Kier molecular flexibility index (Phi) is 9.44. The zero-order valence-electron chi connectivity index (χ0n) is 40.4. The van der Waals surface area contributed by atoms with Crippen LogP contribution >= 0.6 is 0 Å². The molecule has 3 aliphatic rings. The largest absolute Gasteiger partial charge is 0.310 e. The summed E-state index contributed by atoms with van der Waals surface area (Å²) in [6.45, 7) is 4.76. The lowest BCUT2D eigenvalue weighted by Crippen LogP contribution is -2.29. The first-order chi connectivity index (χ1) is 35.5. The van der Waals surface area contributed by atoms with Crippen molar-refractivity contribution in [1.29, 1.82) is 0 Å². The molecule has 0 bridgehead atoms. The highest BCUT2D eigenvalue weighted by Crippen LogP contribution is 2.61. The third-order valence-electron chi connectivity index (χ3n) is 16.4. The van der Waals surface area contributed by atoms with E-state index in [0.717, 1.165) is 17.1 Å². The fourth-order valence-electron chi connectivity index (χ4n) is 13.5. The van der Waals surface area contributed by atoms with Gasteiger partial charge in [-0.3, -0.25) is 0 Å². The monoisotopic (exact) mass is 917 g/mol. The molecule has 0 atom stereocenters. The van der Waals surface area contributed by atoms with Crippen LogP contribution in [-0.2, 0) is 16.2 Å². The van der Waals surface area contributed by atoms with E-state index in [4.69, 9.17) is 0 Å². The SMILES string of the molecule is CC1(C)c2ccccc2-c2ccc(N(c3ccc(-c4cccc5c4C(c4ccccc4)(c4ccccc4)c4ccccc4-5)cc3)c3cccc4c3-c3ccccc3C4(c3ccccc3)c3ccccc3)cc21. The van der Waals surface area contributed by atoms with Crippen molar-refractivity contribution in [2.24, 2.45) is 0 Å². The third kappa shape index (κ3) is 5.83. The Bertz CT molecular complexity index is 3790. The van der Waals surface area contributed by atoms with E-state index >= 15 is 0 Å². The van der Waals surface area contributed by atoms with Crippen molar-refractivity contribution in [2.45, 2.75) is 30.1 Å². The van der Waals surface area contributed by atoms with Gasteiger partial charge >= 0.3 is 0 Å². The summed E-state index contributed by atoms with van der Waals surface area (Å²) in [4.78, 5) is 2.54. The Balaban J connectivity index is 1.00. The van der Waals surface area contributed by atoms with Crippen molar-refractivity contribution >= 4 is 17.1 Å². The third-order valence-corrected chi connectivity index (χ3v) is 16.4. The van der Waals surface area contributed by atoms with Gasteiger partial charge < -0.3 is 4.90 Å². The summed E-state index contributed by atoms with van der Waals surface area (Å²) < 4.78 is 0. The van der Waals surface area contributed by atoms with Gasteiger partial charge in [0.2, 0.25) is 0 Å². The number of hydrogen-bond donors (Lipinski definition) is 0. The van der Waals surface area contributed by atoms with Gasteiger partial charge in [-0.05, 0) is 125 Å². The van der Waals surface area contributed by atoms with Crippen LogP contribution in [0.15, 0.2) is 273 Å². The van der Waals surface area contributed by atoms with Gasteiger partial charge in [0, 0.05) is 22.4 Å². The Morgan fingerprint density at radius 2 is 0.694 bits per heavy atom. The summed E-state index contributed by atoms with van der Waals surface area (Å²) in [6, 6.07) is 102. The van der Waals surface area contributed by atoms with Crippen molar-refractivity contribution in [1.82, 2.24) is 0 Å². The van der Waals surface area contributed by atoms with Crippen molar-refractivity contribution in [3.05, 3.63) is 329 Å². The summed E-state index contributed by atoms with van der Waals surface area (Å²) >= 11 is 0. The van der Waals surface area contributed by atoms with E-state index in [-0.39, 0.29) is 5.41 Å². The zero-order chi connectivity index (χ0) is 48.0. The summed E-state index contributed by atoms with van der Waals surface area (Å²) in [5.74, 6) is 0. The lowest BCUT2D eigenvalue weighted by Gasteiger charge is -2.35. The molecule has 0 amide bonds. The smallest absolute Gasteiger partial charge is 0.0719 e. The molecule has 0 unspecified atom stereocenters. The van der Waals surface area contributed by atoms with E-state index in [1.807, 2.05) is 0 Å². The number of rotatable bonds is 8. The van der Waals surface area contributed by atoms with Crippen LogP contribution in [-0.4, -0.2) is 0 Å². The zero-order valence-corrected chi connectivity index (χ0v) is 40.4. The van der Waals surface area contributed by atoms with E-state index < -0.39 is 10.8 Å². The Hall–Kier alpha value is -8.78. The Morgan fingerprint density at radius 1 is 0.278 bits per heavy atom. The van der Waals surface area contributed by atoms with Crippen LogP contribution in [0.2, 0.25) is 0 Å². The number of fused-ring (bicyclic) bond motifs is 9. The molecular formula is C71H51N. The van der Waals surface area contributed by atoms with Gasteiger partial charge in [-0.2, -0.15) is 0 Å². The van der Waals surface area contributed by atoms with Crippen LogP contribution in [0.4, 0.5) is 17.1 Å². The predicted octanol–water partition coefficient (Wildman–Crippen LogP) is 17.9. The van der Waals surface area contributed by atoms with Crippen LogP contribution in [0, 0.1) is 0 Å². The lowest BCUT2D eigenvalue weighted by atomic mass is 9.66. The first-order valence-electron chi connectivity index (χ1n) is 25.3. The number of benzene rings is 11. The highest BCUT2D eigenvalue weighted by atomic mass is 15.1. The minimum absolute atomic E-state index is 0.173. The molecule has 0 fully saturated rings. The van der Waals surface area contributed by atoms with Crippen LogP contribution < -0.4 is 4.90 Å². The molecule has 340 valence electrons. The summed E-state index contributed by atoms with van der Waals surface area (Å²) in [6.07, 6.45) is 0. The van der Waals surface area contributed by atoms with E-state index in [1.54, 1.807) is 0 Å². The standard InChI is InChI=1S/C71H51N/c1-69(2)61-36-18-15-31-56(61)58-46-45-54(47-65(58)69)72(66-40-22-39-64-67(66)60-33-17-20-38-63(60)70(64,49-23-7-3-8-24-49)50-25-9-4-10-26-50)53-43-41-48(42-44-53)55-34-21-35-59-57-32-16-19-37-62(57)71(68(55)59,51-27-11-5-12-28-51)52-29-13-6-14-30-52/h3-47H,1-2H3. The van der Waals surface area contributed by atoms with Gasteiger partial charge in [0.1, 0.15) is 0 Å². The van der Waals surface area contributed by atoms with E-state index in [0.29, 0.717) is 0 Å². The maximum absolute atomic E-state index is 2.54. The van der Waals surface area contributed by atoms with Crippen LogP contribution in [0.1, 0.15) is 69.5 Å². The first kappa shape index (κ1) is 42.1. The number of hydrogen-bond acceptors (Lipinski definition) is 1. The predicted molar refractivity (Wildman–Crippen MR) is 299 cm³/mol. The van der Waals surface area contributed by atoms with Crippen LogP contribution in [0.3, 0.4) is 0 Å². The maximum atomic E-state index is 2.54. The molecule has 1 heteroatoms. The summed E-state index contributed by atoms with van der Waals surface area (Å²) in [5, 5.41) is 0. The first-order valence-corrected chi connectivity index (χ1v) is 25.3. The molecule has 0 saturated carbocycles. The van der Waals surface area contributed by atoms with Gasteiger partial charge in [-0.15, -0.1) is 0 Å². The molecule has 0 radical (unpaired) electrons. The molecule has 0 aliphatic heterocycles. The van der Waals surface area contributed by atoms with Crippen molar-refractivity contribution < 1.29 is 0 Å². The molecule has 0 aromatic heterocycles. The maximum Gasteiger partial charge on any atom is 0.0719 e. The highest BCUT2D eigenvalue weighted by Gasteiger charge is 2.49. The molecule has 0 heterocycles. The lowest BCUT2D eigenvalue weighted by molar-refractivity contribution is 0.660. The van der Waals surface area contributed by atoms with E-state index in [2.05, 4.69) is 292 Å². The molecule has 3 aliphatic carbocycles. The molecule has 72 heavy (non-hydrogen) atoms. The Morgan fingerprint density at radius 3 is 1.29 bits per heavy atom. The van der Waals surface area contributed by atoms with Crippen LogP contribution in [0.25, 0.3) is 44.5 Å². The molecule has 0 spiro atoms. The quantitative estimate of drug-likeness (QED) is 0.147. The number of anilines is 3. The second-order valence-corrected chi connectivity index (χ2v) is 20.3. The fraction of sp³-hybridized carbons (Fsp3) is 0.0704. The van der Waals surface area contributed by atoms with E-state index in [1.165, 1.54) is 100 Å². The molecule has 11 aromatic rings. The average molecular weight is 918 g/mol. The summed E-state index contributed by atoms with van der Waals surface area (Å²) in [7, 11) is 0. The average Bonchev–Trinajstić information content (AvgIpc) is 4.02. The molecule has 14 rings (SSSR count). The van der Waals surface area contributed by atoms with Gasteiger partial charge in [-0.1, -0.05) is 257 Å². The Labute approximate surface area is 423 Å². The highest BCUT2D eigenvalue weighted by molar-refractivity contribution is 5.99. The minimum Gasteiger partial charge on any atom is -0.310 e. The molecular weight excluding hydrogens is 867 g/mol. The second kappa shape index (κ2) is 16.1. The fourth-order valence-corrected chi connectivity index (χ4v) is 13.5. The molecule has 1 nitrogen and oxygen atoms in total. The van der Waals surface area contributed by atoms with Crippen molar-refractivity contribution in [2.75, 3.05) is 4.90 Å². The van der Waals surface area contributed by atoms with Gasteiger partial charge in [0.25, 0.3) is 0 Å². The van der Waals surface area contributed by atoms with Gasteiger partial charge in [-0.25, -0.2) is 0 Å². The molecule has 0 saturated heterocycles. The molecule has 11 aromatic carbocycles. The van der Waals surface area contributed by atoms with Gasteiger partial charge in [0.15, 0.2) is 0 Å². The second-order valence-electron chi connectivity index (χ2n) is 20.3. The van der Waals surface area contributed by atoms with Crippen molar-refractivity contribution in [3.63, 3.8) is 0 Å². The summed E-state index contributed by atoms with van der Waals surface area (Å²) in [5.41, 5.74) is 25.3. The van der Waals surface area contributed by atoms with E-state index in [9.17, 15) is 0 Å². The molecule has 0 N–H and O–H groups in total. The normalized spacial score (nSPS) is 14.6. The topological polar surface area (TPSA) is 3.24 Å².